The van der Waals surface area contributed by atoms with E-state index in [0.717, 1.165) is 51.6 Å². The van der Waals surface area contributed by atoms with E-state index in [0.29, 0.717) is 0 Å². The van der Waals surface area contributed by atoms with Gasteiger partial charge in [-0.2, -0.15) is 0 Å². The predicted octanol–water partition coefficient (Wildman–Crippen LogP) is 2.23. The van der Waals surface area contributed by atoms with E-state index in [4.69, 9.17) is 9.73 Å². The SMILES string of the molecule is CCCCCCNC(=NCC1(N(C)C)CCOCC1)NCC. The summed E-state index contributed by atoms with van der Waals surface area (Å²) in [6, 6.07) is 0. The maximum Gasteiger partial charge on any atom is 0.191 e. The average Bonchev–Trinajstić information content (AvgIpc) is 2.53. The highest BCUT2D eigenvalue weighted by atomic mass is 16.5. The molecule has 1 aliphatic heterocycles. The van der Waals surface area contributed by atoms with Crippen LogP contribution < -0.4 is 10.6 Å². The molecular formula is C17H36N4O. The van der Waals surface area contributed by atoms with E-state index in [-0.39, 0.29) is 5.54 Å². The number of likely N-dealkylation sites (N-methyl/N-ethyl adjacent to an activating group) is 1. The Hall–Kier alpha value is -0.810. The fourth-order valence-electron chi connectivity index (χ4n) is 2.82. The summed E-state index contributed by atoms with van der Waals surface area (Å²) in [6.45, 7) is 8.78. The van der Waals surface area contributed by atoms with Crippen molar-refractivity contribution in [2.24, 2.45) is 4.99 Å². The van der Waals surface area contributed by atoms with E-state index in [2.05, 4.69) is 43.5 Å². The number of ether oxygens (including phenoxy) is 1. The number of nitrogens with zero attached hydrogens (tertiary/aromatic N) is 2. The molecule has 0 spiro atoms. The second-order valence-corrected chi connectivity index (χ2v) is 6.41. The molecule has 2 N–H and O–H groups in total. The zero-order chi connectivity index (χ0) is 16.3. The minimum Gasteiger partial charge on any atom is -0.381 e. The van der Waals surface area contributed by atoms with E-state index in [1.54, 1.807) is 0 Å². The van der Waals surface area contributed by atoms with Crippen molar-refractivity contribution in [1.82, 2.24) is 15.5 Å². The van der Waals surface area contributed by atoms with Gasteiger partial charge in [-0.25, -0.2) is 0 Å². The van der Waals surface area contributed by atoms with Gasteiger partial charge in [0.25, 0.3) is 0 Å². The van der Waals surface area contributed by atoms with Crippen molar-refractivity contribution in [1.29, 1.82) is 0 Å². The molecule has 0 aromatic carbocycles. The molecule has 0 aliphatic carbocycles. The Labute approximate surface area is 136 Å². The minimum absolute atomic E-state index is 0.142. The summed E-state index contributed by atoms with van der Waals surface area (Å²) in [6.07, 6.45) is 7.21. The third kappa shape index (κ3) is 6.53. The Morgan fingerprint density at radius 2 is 1.82 bits per heavy atom. The van der Waals surface area contributed by atoms with Gasteiger partial charge < -0.3 is 20.3 Å². The normalized spacial score (nSPS) is 18.5. The van der Waals surface area contributed by atoms with Crippen molar-refractivity contribution >= 4 is 5.96 Å². The first-order chi connectivity index (χ1) is 10.6. The Morgan fingerprint density at radius 1 is 1.09 bits per heavy atom. The summed E-state index contributed by atoms with van der Waals surface area (Å²) in [5.74, 6) is 0.951. The van der Waals surface area contributed by atoms with Crippen LogP contribution in [0.4, 0.5) is 0 Å². The van der Waals surface area contributed by atoms with Gasteiger partial charge in [0, 0.05) is 31.8 Å². The van der Waals surface area contributed by atoms with Crippen molar-refractivity contribution in [3.05, 3.63) is 0 Å². The number of nitrogens with one attached hydrogen (secondary N) is 2. The molecule has 1 rings (SSSR count). The summed E-state index contributed by atoms with van der Waals surface area (Å²) in [5, 5.41) is 6.82. The van der Waals surface area contributed by atoms with Crippen LogP contribution >= 0.6 is 0 Å². The molecule has 0 aromatic heterocycles. The lowest BCUT2D eigenvalue weighted by Crippen LogP contribution is -2.51. The monoisotopic (exact) mass is 312 g/mol. The van der Waals surface area contributed by atoms with Gasteiger partial charge in [0.15, 0.2) is 5.96 Å². The van der Waals surface area contributed by atoms with Crippen LogP contribution in [0.15, 0.2) is 4.99 Å². The fraction of sp³-hybridized carbons (Fsp3) is 0.941. The quantitative estimate of drug-likeness (QED) is 0.389. The number of hydrogen-bond donors (Lipinski definition) is 2. The Bertz CT molecular complexity index is 312. The standard InChI is InChI=1S/C17H36N4O/c1-5-7-8-9-12-19-16(18-6-2)20-15-17(21(3)4)10-13-22-14-11-17/h5-15H2,1-4H3,(H2,18,19,20). The maximum absolute atomic E-state index is 5.53. The second-order valence-electron chi connectivity index (χ2n) is 6.41. The lowest BCUT2D eigenvalue weighted by Gasteiger charge is -2.41. The topological polar surface area (TPSA) is 48.9 Å². The third-order valence-electron chi connectivity index (χ3n) is 4.57. The minimum atomic E-state index is 0.142. The summed E-state index contributed by atoms with van der Waals surface area (Å²) < 4.78 is 5.53. The maximum atomic E-state index is 5.53. The molecule has 0 aromatic rings. The van der Waals surface area contributed by atoms with Gasteiger partial charge in [0.05, 0.1) is 6.54 Å². The zero-order valence-corrected chi connectivity index (χ0v) is 15.1. The van der Waals surface area contributed by atoms with Crippen molar-refractivity contribution in [3.8, 4) is 0 Å². The molecular weight excluding hydrogens is 276 g/mol. The lowest BCUT2D eigenvalue weighted by molar-refractivity contribution is -0.00254. The van der Waals surface area contributed by atoms with Crippen LogP contribution in [0.1, 0.15) is 52.4 Å². The van der Waals surface area contributed by atoms with Crippen LogP contribution in [0, 0.1) is 0 Å². The largest absolute Gasteiger partial charge is 0.381 e. The highest BCUT2D eigenvalue weighted by Gasteiger charge is 2.34. The van der Waals surface area contributed by atoms with Gasteiger partial charge in [-0.05, 0) is 40.3 Å². The van der Waals surface area contributed by atoms with Gasteiger partial charge in [0.1, 0.15) is 0 Å². The van der Waals surface area contributed by atoms with Gasteiger partial charge >= 0.3 is 0 Å². The van der Waals surface area contributed by atoms with Crippen LogP contribution in [0.5, 0.6) is 0 Å². The summed E-state index contributed by atoms with van der Waals surface area (Å²) in [5.41, 5.74) is 0.142. The van der Waals surface area contributed by atoms with Gasteiger partial charge in [-0.1, -0.05) is 26.2 Å². The second kappa shape index (κ2) is 10.8. The molecule has 0 bridgehead atoms. The van der Waals surface area contributed by atoms with Crippen molar-refractivity contribution < 1.29 is 4.74 Å². The third-order valence-corrected chi connectivity index (χ3v) is 4.57. The number of guanidine groups is 1. The number of rotatable bonds is 9. The van der Waals surface area contributed by atoms with E-state index in [1.165, 1.54) is 25.7 Å². The van der Waals surface area contributed by atoms with Gasteiger partial charge in [0.2, 0.25) is 0 Å². The molecule has 0 saturated carbocycles. The summed E-state index contributed by atoms with van der Waals surface area (Å²) in [4.78, 5) is 7.17. The van der Waals surface area contributed by atoms with Crippen LogP contribution in [0.3, 0.4) is 0 Å². The molecule has 0 amide bonds. The number of unbranched alkanes of at least 4 members (excludes halogenated alkanes) is 3. The average molecular weight is 313 g/mol. The van der Waals surface area contributed by atoms with Gasteiger partial charge in [-0.15, -0.1) is 0 Å². The van der Waals surface area contributed by atoms with E-state index >= 15 is 0 Å². The first-order valence-electron chi connectivity index (χ1n) is 8.92. The number of hydrogen-bond acceptors (Lipinski definition) is 3. The molecule has 0 atom stereocenters. The highest BCUT2D eigenvalue weighted by molar-refractivity contribution is 5.79. The number of aliphatic imine (C=N–C) groups is 1. The Kier molecular flexibility index (Phi) is 9.48. The van der Waals surface area contributed by atoms with Gasteiger partial charge in [-0.3, -0.25) is 4.99 Å². The van der Waals surface area contributed by atoms with Crippen LogP contribution in [-0.2, 0) is 4.74 Å². The van der Waals surface area contributed by atoms with Crippen LogP contribution in [0.2, 0.25) is 0 Å². The molecule has 1 aliphatic rings. The fourth-order valence-corrected chi connectivity index (χ4v) is 2.82. The van der Waals surface area contributed by atoms with E-state index in [9.17, 15) is 0 Å². The van der Waals surface area contributed by atoms with Crippen LogP contribution in [-0.4, -0.2) is 63.3 Å². The zero-order valence-electron chi connectivity index (χ0n) is 15.1. The van der Waals surface area contributed by atoms with Crippen molar-refractivity contribution in [3.63, 3.8) is 0 Å². The Morgan fingerprint density at radius 3 is 2.41 bits per heavy atom. The molecule has 5 heteroatoms. The smallest absolute Gasteiger partial charge is 0.191 e. The van der Waals surface area contributed by atoms with E-state index < -0.39 is 0 Å². The Balaban J connectivity index is 2.51. The molecule has 22 heavy (non-hydrogen) atoms. The predicted molar refractivity (Wildman–Crippen MR) is 94.6 cm³/mol. The molecule has 1 fully saturated rings. The highest BCUT2D eigenvalue weighted by Crippen LogP contribution is 2.26. The first-order valence-corrected chi connectivity index (χ1v) is 8.92. The summed E-state index contributed by atoms with van der Waals surface area (Å²) >= 11 is 0. The van der Waals surface area contributed by atoms with Crippen molar-refractivity contribution in [2.75, 3.05) is 46.9 Å². The van der Waals surface area contributed by atoms with Crippen molar-refractivity contribution in [2.45, 2.75) is 57.9 Å². The molecule has 5 nitrogen and oxygen atoms in total. The molecule has 1 heterocycles. The molecule has 1 saturated heterocycles. The van der Waals surface area contributed by atoms with Crippen LogP contribution in [0.25, 0.3) is 0 Å². The first kappa shape index (κ1) is 19.2. The summed E-state index contributed by atoms with van der Waals surface area (Å²) in [7, 11) is 4.32. The molecule has 0 unspecified atom stereocenters. The molecule has 0 radical (unpaired) electrons. The molecule has 130 valence electrons. The lowest BCUT2D eigenvalue weighted by atomic mass is 9.89. The van der Waals surface area contributed by atoms with E-state index in [1.807, 2.05) is 0 Å².